The third-order valence-corrected chi connectivity index (χ3v) is 6.03. The lowest BCUT2D eigenvalue weighted by Crippen LogP contribution is -2.37. The van der Waals surface area contributed by atoms with Gasteiger partial charge < -0.3 is 5.32 Å². The SMILES string of the molecule is c1csc(CCNC2CCC3(CCCC3)CC2)c1. The van der Waals surface area contributed by atoms with Gasteiger partial charge in [0.25, 0.3) is 0 Å². The Morgan fingerprint density at radius 2 is 1.94 bits per heavy atom. The first-order valence-electron chi connectivity index (χ1n) is 7.62. The summed E-state index contributed by atoms with van der Waals surface area (Å²) in [5.41, 5.74) is 0.784. The molecule has 0 aromatic carbocycles. The van der Waals surface area contributed by atoms with E-state index in [-0.39, 0.29) is 0 Å². The predicted molar refractivity (Wildman–Crippen MR) is 79.2 cm³/mol. The van der Waals surface area contributed by atoms with Crippen molar-refractivity contribution in [2.45, 2.75) is 63.8 Å². The van der Waals surface area contributed by atoms with Gasteiger partial charge in [0.15, 0.2) is 0 Å². The van der Waals surface area contributed by atoms with E-state index < -0.39 is 0 Å². The van der Waals surface area contributed by atoms with Crippen molar-refractivity contribution in [1.29, 1.82) is 0 Å². The maximum Gasteiger partial charge on any atom is 0.00676 e. The van der Waals surface area contributed by atoms with E-state index in [1.165, 1.54) is 62.7 Å². The Morgan fingerprint density at radius 1 is 1.17 bits per heavy atom. The van der Waals surface area contributed by atoms with Crippen LogP contribution in [0, 0.1) is 5.41 Å². The van der Waals surface area contributed by atoms with E-state index in [9.17, 15) is 0 Å². The summed E-state index contributed by atoms with van der Waals surface area (Å²) in [4.78, 5) is 1.52. The van der Waals surface area contributed by atoms with E-state index in [4.69, 9.17) is 0 Å². The minimum absolute atomic E-state index is 0.784. The van der Waals surface area contributed by atoms with Crippen LogP contribution in [-0.2, 0) is 6.42 Å². The molecule has 0 bridgehead atoms. The normalized spacial score (nSPS) is 23.8. The van der Waals surface area contributed by atoms with Crippen molar-refractivity contribution >= 4 is 11.3 Å². The van der Waals surface area contributed by atoms with Gasteiger partial charge in [0.05, 0.1) is 0 Å². The smallest absolute Gasteiger partial charge is 0.00676 e. The highest BCUT2D eigenvalue weighted by Crippen LogP contribution is 2.48. The molecule has 0 unspecified atom stereocenters. The van der Waals surface area contributed by atoms with Crippen LogP contribution in [0.4, 0.5) is 0 Å². The minimum Gasteiger partial charge on any atom is -0.314 e. The van der Waals surface area contributed by atoms with Gasteiger partial charge in [0.1, 0.15) is 0 Å². The summed E-state index contributed by atoms with van der Waals surface area (Å²) in [5.74, 6) is 0. The first kappa shape index (κ1) is 12.7. The minimum atomic E-state index is 0.784. The van der Waals surface area contributed by atoms with E-state index >= 15 is 0 Å². The van der Waals surface area contributed by atoms with Crippen LogP contribution in [0.3, 0.4) is 0 Å². The number of rotatable bonds is 4. The van der Waals surface area contributed by atoms with Crippen molar-refractivity contribution in [3.05, 3.63) is 22.4 Å². The first-order chi connectivity index (χ1) is 8.86. The molecule has 2 heteroatoms. The van der Waals surface area contributed by atoms with E-state index in [0.717, 1.165) is 18.0 Å². The molecule has 0 atom stereocenters. The van der Waals surface area contributed by atoms with Crippen LogP contribution in [0.25, 0.3) is 0 Å². The Morgan fingerprint density at radius 3 is 2.61 bits per heavy atom. The topological polar surface area (TPSA) is 12.0 Å². The quantitative estimate of drug-likeness (QED) is 0.850. The lowest BCUT2D eigenvalue weighted by molar-refractivity contribution is 0.169. The standard InChI is InChI=1S/C16H25NS/c1-2-9-16(8-1)10-5-14(6-11-16)17-12-7-15-4-3-13-18-15/h3-4,13-14,17H,1-2,5-12H2. The molecule has 3 rings (SSSR count). The van der Waals surface area contributed by atoms with Crippen molar-refractivity contribution in [3.8, 4) is 0 Å². The second-order valence-corrected chi connectivity index (χ2v) is 7.30. The molecule has 1 N–H and O–H groups in total. The van der Waals surface area contributed by atoms with Crippen molar-refractivity contribution in [2.75, 3.05) is 6.54 Å². The zero-order chi connectivity index (χ0) is 12.3. The monoisotopic (exact) mass is 263 g/mol. The van der Waals surface area contributed by atoms with Crippen molar-refractivity contribution in [2.24, 2.45) is 5.41 Å². The van der Waals surface area contributed by atoms with Gasteiger partial charge in [-0.3, -0.25) is 0 Å². The summed E-state index contributed by atoms with van der Waals surface area (Å²) < 4.78 is 0. The molecule has 1 aromatic heterocycles. The average Bonchev–Trinajstić information content (AvgIpc) is 3.04. The number of hydrogen-bond donors (Lipinski definition) is 1. The molecule has 0 saturated heterocycles. The molecule has 0 aliphatic heterocycles. The lowest BCUT2D eigenvalue weighted by Gasteiger charge is -2.37. The first-order valence-corrected chi connectivity index (χ1v) is 8.50. The molecule has 2 saturated carbocycles. The van der Waals surface area contributed by atoms with Gasteiger partial charge in [0, 0.05) is 17.5 Å². The fourth-order valence-electron chi connectivity index (χ4n) is 3.91. The van der Waals surface area contributed by atoms with Gasteiger partial charge >= 0.3 is 0 Å². The van der Waals surface area contributed by atoms with E-state index in [2.05, 4.69) is 22.8 Å². The maximum atomic E-state index is 3.77. The third-order valence-electron chi connectivity index (χ3n) is 5.09. The molecular formula is C16H25NS. The molecule has 1 aromatic rings. The number of thiophene rings is 1. The van der Waals surface area contributed by atoms with Gasteiger partial charge in [0.2, 0.25) is 0 Å². The second kappa shape index (κ2) is 5.75. The van der Waals surface area contributed by atoms with Crippen LogP contribution in [0.2, 0.25) is 0 Å². The maximum absolute atomic E-state index is 3.77. The molecular weight excluding hydrogens is 238 g/mol. The highest BCUT2D eigenvalue weighted by Gasteiger charge is 2.37. The van der Waals surface area contributed by atoms with Crippen LogP contribution in [0.5, 0.6) is 0 Å². The van der Waals surface area contributed by atoms with Crippen LogP contribution >= 0.6 is 11.3 Å². The molecule has 1 heterocycles. The van der Waals surface area contributed by atoms with Crippen LogP contribution < -0.4 is 5.32 Å². The molecule has 0 radical (unpaired) electrons. The summed E-state index contributed by atoms with van der Waals surface area (Å²) in [6.07, 6.45) is 13.1. The van der Waals surface area contributed by atoms with Crippen molar-refractivity contribution in [1.82, 2.24) is 5.32 Å². The average molecular weight is 263 g/mol. The van der Waals surface area contributed by atoms with Crippen LogP contribution in [-0.4, -0.2) is 12.6 Å². The van der Waals surface area contributed by atoms with Crippen molar-refractivity contribution < 1.29 is 0 Å². The predicted octanol–water partition coefficient (Wildman–Crippen LogP) is 4.38. The van der Waals surface area contributed by atoms with Gasteiger partial charge in [-0.05, 0) is 61.8 Å². The Labute approximate surface area is 115 Å². The lowest BCUT2D eigenvalue weighted by atomic mass is 9.71. The van der Waals surface area contributed by atoms with Gasteiger partial charge in [-0.1, -0.05) is 18.9 Å². The van der Waals surface area contributed by atoms with Gasteiger partial charge in [-0.2, -0.15) is 0 Å². The summed E-state index contributed by atoms with van der Waals surface area (Å²) in [6, 6.07) is 5.21. The van der Waals surface area contributed by atoms with E-state index in [1.54, 1.807) is 0 Å². The fraction of sp³-hybridized carbons (Fsp3) is 0.750. The van der Waals surface area contributed by atoms with E-state index in [1.807, 2.05) is 11.3 Å². The molecule has 1 spiro atoms. The summed E-state index contributed by atoms with van der Waals surface area (Å²) >= 11 is 1.88. The zero-order valence-electron chi connectivity index (χ0n) is 11.3. The summed E-state index contributed by atoms with van der Waals surface area (Å²) in [6.45, 7) is 1.16. The fourth-order valence-corrected chi connectivity index (χ4v) is 4.62. The Kier molecular flexibility index (Phi) is 4.05. The third kappa shape index (κ3) is 2.97. The Balaban J connectivity index is 1.38. The van der Waals surface area contributed by atoms with E-state index in [0.29, 0.717) is 0 Å². The molecule has 2 aliphatic carbocycles. The summed E-state index contributed by atoms with van der Waals surface area (Å²) in [5, 5.41) is 5.95. The van der Waals surface area contributed by atoms with Gasteiger partial charge in [-0.25, -0.2) is 0 Å². The summed E-state index contributed by atoms with van der Waals surface area (Å²) in [7, 11) is 0. The molecule has 2 aliphatic rings. The van der Waals surface area contributed by atoms with Gasteiger partial charge in [-0.15, -0.1) is 11.3 Å². The molecule has 2 fully saturated rings. The number of hydrogen-bond acceptors (Lipinski definition) is 2. The highest BCUT2D eigenvalue weighted by molar-refractivity contribution is 7.09. The molecule has 1 nitrogen and oxygen atoms in total. The Hall–Kier alpha value is -0.340. The zero-order valence-corrected chi connectivity index (χ0v) is 12.1. The largest absolute Gasteiger partial charge is 0.314 e. The second-order valence-electron chi connectivity index (χ2n) is 6.26. The van der Waals surface area contributed by atoms with Crippen LogP contribution in [0.1, 0.15) is 56.2 Å². The molecule has 100 valence electrons. The highest BCUT2D eigenvalue weighted by atomic mass is 32.1. The Bertz CT molecular complexity index is 341. The molecule has 18 heavy (non-hydrogen) atoms. The van der Waals surface area contributed by atoms with Crippen LogP contribution in [0.15, 0.2) is 17.5 Å². The van der Waals surface area contributed by atoms with Crippen molar-refractivity contribution in [3.63, 3.8) is 0 Å². The molecule has 0 amide bonds. The number of nitrogens with one attached hydrogen (secondary N) is 1.